The first-order chi connectivity index (χ1) is 12.4. The van der Waals surface area contributed by atoms with Gasteiger partial charge in [-0.3, -0.25) is 5.01 Å². The van der Waals surface area contributed by atoms with E-state index in [0.29, 0.717) is 10.7 Å². The molecule has 1 aliphatic heterocycles. The Kier molecular flexibility index (Phi) is 4.67. The molecule has 0 unspecified atom stereocenters. The van der Waals surface area contributed by atoms with Crippen molar-refractivity contribution in [2.24, 2.45) is 5.10 Å². The molecule has 0 bridgehead atoms. The van der Waals surface area contributed by atoms with E-state index in [0.717, 1.165) is 21.7 Å². The minimum atomic E-state index is -0.195. The number of hydrogen-bond donors (Lipinski definition) is 1. The summed E-state index contributed by atoms with van der Waals surface area (Å²) >= 11 is 6.15. The Bertz CT molecular complexity index is 1000. The first-order valence-electron chi connectivity index (χ1n) is 9.15. The third kappa shape index (κ3) is 3.77. The number of anilines is 1. The van der Waals surface area contributed by atoms with E-state index in [9.17, 15) is 5.11 Å². The molecule has 0 aliphatic carbocycles. The maximum absolute atomic E-state index is 11.1. The Hall–Kier alpha value is -2.20. The van der Waals surface area contributed by atoms with Gasteiger partial charge < -0.3 is 5.11 Å². The van der Waals surface area contributed by atoms with Crippen molar-refractivity contribution < 1.29 is 5.11 Å². The van der Waals surface area contributed by atoms with Crippen molar-refractivity contribution in [3.05, 3.63) is 57.1 Å². The fourth-order valence-electron chi connectivity index (χ4n) is 3.14. The minimum Gasteiger partial charge on any atom is -0.505 e. The zero-order valence-corrected chi connectivity index (χ0v) is 17.9. The lowest BCUT2D eigenvalue weighted by Gasteiger charge is -2.34. The number of hydrogen-bond acceptors (Lipinski definition) is 4. The normalized spacial score (nSPS) is 14.5. The van der Waals surface area contributed by atoms with Crippen molar-refractivity contribution in [3.8, 4) is 5.75 Å². The fraction of sp³-hybridized carbons (Fsp3) is 0.409. The number of nitrogens with zero attached hydrogens (tertiary/aromatic N) is 3. The molecular formula is C22H28ClN3O. The molecule has 5 heteroatoms. The van der Waals surface area contributed by atoms with Gasteiger partial charge in [0, 0.05) is 29.1 Å². The van der Waals surface area contributed by atoms with Crippen LogP contribution in [0.5, 0.6) is 5.75 Å². The standard InChI is InChI=1S/C22H28ClN3O/c1-21(2,3)15-10-17(22(4,5)6)20(27)19(11-15)26-24-18-12-16(23)9-8-14(18)13-25(26)7/h8-13,27H,1-7H3. The first kappa shape index (κ1) is 19.6. The molecule has 1 aliphatic rings. The number of aromatic hydroxyl groups is 1. The molecule has 0 saturated carbocycles. The highest BCUT2D eigenvalue weighted by molar-refractivity contribution is 6.30. The maximum atomic E-state index is 11.1. The average Bonchev–Trinajstić information content (AvgIpc) is 2.53. The molecule has 0 amide bonds. The van der Waals surface area contributed by atoms with Gasteiger partial charge in [0.1, 0.15) is 11.4 Å². The van der Waals surface area contributed by atoms with Gasteiger partial charge in [0.2, 0.25) is 0 Å². The van der Waals surface area contributed by atoms with Crippen molar-refractivity contribution in [2.75, 3.05) is 12.2 Å². The molecule has 2 aromatic rings. The van der Waals surface area contributed by atoms with Gasteiger partial charge >= 0.3 is 0 Å². The van der Waals surface area contributed by atoms with Crippen LogP contribution >= 0.6 is 11.6 Å². The van der Waals surface area contributed by atoms with Crippen LogP contribution in [0.4, 0.5) is 5.69 Å². The summed E-state index contributed by atoms with van der Waals surface area (Å²) in [5.41, 5.74) is 2.48. The quantitative estimate of drug-likeness (QED) is 0.796. The van der Waals surface area contributed by atoms with E-state index in [-0.39, 0.29) is 16.6 Å². The van der Waals surface area contributed by atoms with Crippen molar-refractivity contribution >= 4 is 23.5 Å². The first-order valence-corrected chi connectivity index (χ1v) is 9.52. The zero-order valence-electron chi connectivity index (χ0n) is 17.1. The predicted molar refractivity (Wildman–Crippen MR) is 112 cm³/mol. The molecular weight excluding hydrogens is 358 g/mol. The summed E-state index contributed by atoms with van der Waals surface area (Å²) < 4.78 is 0. The molecule has 0 fully saturated rings. The lowest BCUT2D eigenvalue weighted by atomic mass is 9.79. The van der Waals surface area contributed by atoms with Crippen LogP contribution in [0.2, 0.25) is 5.02 Å². The van der Waals surface area contributed by atoms with E-state index >= 15 is 0 Å². The van der Waals surface area contributed by atoms with Gasteiger partial charge in [-0.1, -0.05) is 59.2 Å². The topological polar surface area (TPSA) is 39.1 Å². The van der Waals surface area contributed by atoms with E-state index in [1.807, 2.05) is 42.5 Å². The van der Waals surface area contributed by atoms with Gasteiger partial charge in [-0.25, -0.2) is 0 Å². The van der Waals surface area contributed by atoms with Crippen LogP contribution < -0.4 is 15.7 Å². The molecule has 0 radical (unpaired) electrons. The lowest BCUT2D eigenvalue weighted by Crippen LogP contribution is -2.44. The molecule has 4 nitrogen and oxygen atoms in total. The summed E-state index contributed by atoms with van der Waals surface area (Å²) in [4.78, 5) is 0. The monoisotopic (exact) mass is 385 g/mol. The summed E-state index contributed by atoms with van der Waals surface area (Å²) in [7, 11) is 1.92. The zero-order chi connectivity index (χ0) is 20.1. The number of rotatable bonds is 1. The van der Waals surface area contributed by atoms with Gasteiger partial charge in [-0.15, -0.1) is 0 Å². The second kappa shape index (κ2) is 6.45. The van der Waals surface area contributed by atoms with Crippen LogP contribution in [-0.2, 0) is 10.8 Å². The van der Waals surface area contributed by atoms with Crippen LogP contribution in [0.15, 0.2) is 35.4 Å². The van der Waals surface area contributed by atoms with Crippen LogP contribution in [-0.4, -0.2) is 17.2 Å². The molecule has 3 rings (SSSR count). The van der Waals surface area contributed by atoms with Crippen LogP contribution in [0.1, 0.15) is 52.7 Å². The molecule has 0 spiro atoms. The van der Waals surface area contributed by atoms with E-state index in [1.54, 1.807) is 5.12 Å². The second-order valence-electron chi connectivity index (χ2n) is 9.19. The molecule has 1 N–H and O–H groups in total. The molecule has 2 aromatic carbocycles. The average molecular weight is 386 g/mol. The van der Waals surface area contributed by atoms with Gasteiger partial charge in [-0.05, 0) is 40.7 Å². The largest absolute Gasteiger partial charge is 0.505 e. The van der Waals surface area contributed by atoms with Crippen LogP contribution in [0.25, 0.3) is 6.20 Å². The summed E-state index contributed by atoms with van der Waals surface area (Å²) in [5.74, 6) is 0.255. The number of phenolic OH excluding ortho intramolecular Hbond substituents is 1. The van der Waals surface area contributed by atoms with E-state index in [2.05, 4.69) is 47.6 Å². The smallest absolute Gasteiger partial charge is 0.146 e. The Labute approximate surface area is 166 Å². The summed E-state index contributed by atoms with van der Waals surface area (Å²) in [6, 6.07) is 9.76. The Morgan fingerprint density at radius 1 is 0.963 bits per heavy atom. The van der Waals surface area contributed by atoms with Crippen molar-refractivity contribution in [2.45, 2.75) is 52.4 Å². The summed E-state index contributed by atoms with van der Waals surface area (Å²) in [5, 5.41) is 21.9. The second-order valence-corrected chi connectivity index (χ2v) is 9.62. The van der Waals surface area contributed by atoms with Gasteiger partial charge in [0.25, 0.3) is 0 Å². The van der Waals surface area contributed by atoms with E-state index in [1.165, 1.54) is 0 Å². The SMILES string of the molecule is CN1C=c2ccc(Cl)cc2=NN1c1cc(C(C)(C)C)cc(C(C)(C)C)c1O. The summed E-state index contributed by atoms with van der Waals surface area (Å²) in [6.07, 6.45) is 1.98. The molecule has 1 heterocycles. The highest BCUT2D eigenvalue weighted by Crippen LogP contribution is 2.42. The van der Waals surface area contributed by atoms with Gasteiger partial charge in [0.15, 0.2) is 0 Å². The maximum Gasteiger partial charge on any atom is 0.146 e. The fourth-order valence-corrected chi connectivity index (χ4v) is 3.31. The molecule has 0 aromatic heterocycles. The number of halogens is 1. The third-order valence-corrected chi connectivity index (χ3v) is 5.03. The minimum absolute atomic E-state index is 0.0538. The Morgan fingerprint density at radius 3 is 2.22 bits per heavy atom. The molecule has 0 saturated heterocycles. The predicted octanol–water partition coefficient (Wildman–Crippen LogP) is 4.28. The number of phenols is 1. The van der Waals surface area contributed by atoms with E-state index in [4.69, 9.17) is 16.7 Å². The number of benzene rings is 2. The highest BCUT2D eigenvalue weighted by atomic mass is 35.5. The van der Waals surface area contributed by atoms with E-state index < -0.39 is 0 Å². The lowest BCUT2D eigenvalue weighted by molar-refractivity contribution is 0.409. The number of hydrazine groups is 1. The number of fused-ring (bicyclic) bond motifs is 1. The molecule has 27 heavy (non-hydrogen) atoms. The molecule has 144 valence electrons. The summed E-state index contributed by atoms with van der Waals surface area (Å²) in [6.45, 7) is 12.8. The van der Waals surface area contributed by atoms with Crippen LogP contribution in [0.3, 0.4) is 0 Å². The van der Waals surface area contributed by atoms with Crippen molar-refractivity contribution in [1.29, 1.82) is 0 Å². The van der Waals surface area contributed by atoms with Crippen LogP contribution in [0, 0.1) is 0 Å². The van der Waals surface area contributed by atoms with Gasteiger partial charge in [-0.2, -0.15) is 10.2 Å². The Balaban J connectivity index is 2.27. The van der Waals surface area contributed by atoms with Crippen molar-refractivity contribution in [3.63, 3.8) is 0 Å². The molecule has 0 atom stereocenters. The Morgan fingerprint density at radius 2 is 1.63 bits per heavy atom. The van der Waals surface area contributed by atoms with Gasteiger partial charge in [0.05, 0.1) is 5.36 Å². The van der Waals surface area contributed by atoms with Crippen molar-refractivity contribution in [1.82, 2.24) is 5.01 Å². The highest BCUT2D eigenvalue weighted by Gasteiger charge is 2.28. The third-order valence-electron chi connectivity index (χ3n) is 4.80.